The number of nitrogens with one attached hydrogen (secondary N) is 2. The minimum atomic E-state index is -0.373. The smallest absolute Gasteiger partial charge is 0.166 e. The van der Waals surface area contributed by atoms with Crippen molar-refractivity contribution in [2.45, 2.75) is 38.1 Å². The zero-order valence-electron chi connectivity index (χ0n) is 21.0. The minimum absolute atomic E-state index is 0.0849. The molecule has 36 heavy (non-hydrogen) atoms. The normalized spacial score (nSPS) is 18.8. The Kier molecular flexibility index (Phi) is 6.85. The number of para-hydroxylation sites is 3. The van der Waals surface area contributed by atoms with Crippen molar-refractivity contribution in [3.63, 3.8) is 0 Å². The van der Waals surface area contributed by atoms with Crippen LogP contribution in [0.1, 0.15) is 49.3 Å². The van der Waals surface area contributed by atoms with Gasteiger partial charge in [-0.1, -0.05) is 43.3 Å². The Morgan fingerprint density at radius 1 is 0.889 bits per heavy atom. The molecule has 2 atom stereocenters. The van der Waals surface area contributed by atoms with E-state index in [0.717, 1.165) is 52.4 Å². The summed E-state index contributed by atoms with van der Waals surface area (Å²) in [5, 5.41) is 7.25. The van der Waals surface area contributed by atoms with Crippen molar-refractivity contribution in [1.82, 2.24) is 0 Å². The van der Waals surface area contributed by atoms with Crippen molar-refractivity contribution < 1.29 is 19.0 Å². The van der Waals surface area contributed by atoms with Crippen molar-refractivity contribution in [3.05, 3.63) is 89.1 Å². The van der Waals surface area contributed by atoms with Crippen molar-refractivity contribution in [2.24, 2.45) is 0 Å². The quantitative estimate of drug-likeness (QED) is 0.400. The number of ether oxygens (including phenoxy) is 3. The molecule has 1 aliphatic carbocycles. The first-order chi connectivity index (χ1) is 17.6. The van der Waals surface area contributed by atoms with E-state index in [2.05, 4.69) is 29.7 Å². The Hall–Kier alpha value is -3.93. The van der Waals surface area contributed by atoms with Gasteiger partial charge in [-0.2, -0.15) is 0 Å². The van der Waals surface area contributed by atoms with E-state index in [-0.39, 0.29) is 17.7 Å². The number of allylic oxidation sites excluding steroid dienone is 1. The number of fused-ring (bicyclic) bond motifs is 1. The molecule has 0 bridgehead atoms. The first kappa shape index (κ1) is 23.8. The number of Topliss-reactive ketones (excluding diaryl/α,β-unsaturated/α-hetero) is 1. The summed E-state index contributed by atoms with van der Waals surface area (Å²) in [4.78, 5) is 13.9. The number of carbonyl (C=O) groups is 1. The topological polar surface area (TPSA) is 68.8 Å². The second kappa shape index (κ2) is 10.4. The van der Waals surface area contributed by atoms with E-state index in [4.69, 9.17) is 14.2 Å². The lowest BCUT2D eigenvalue weighted by molar-refractivity contribution is -0.116. The molecule has 0 fully saturated rings. The Bertz CT molecular complexity index is 1280. The zero-order chi connectivity index (χ0) is 25.1. The summed E-state index contributed by atoms with van der Waals surface area (Å²) >= 11 is 0. The van der Waals surface area contributed by atoms with Gasteiger partial charge in [0.1, 0.15) is 5.75 Å². The van der Waals surface area contributed by atoms with Crippen LogP contribution >= 0.6 is 0 Å². The van der Waals surface area contributed by atoms with Gasteiger partial charge in [0.25, 0.3) is 0 Å². The van der Waals surface area contributed by atoms with Crippen molar-refractivity contribution >= 4 is 17.2 Å². The molecule has 1 heterocycles. The summed E-state index contributed by atoms with van der Waals surface area (Å²) in [6, 6.07) is 21.6. The van der Waals surface area contributed by atoms with Crippen molar-refractivity contribution in [3.8, 4) is 17.2 Å². The molecule has 6 heteroatoms. The van der Waals surface area contributed by atoms with E-state index in [0.29, 0.717) is 24.5 Å². The first-order valence-electron chi connectivity index (χ1n) is 12.4. The number of hydrogen-bond acceptors (Lipinski definition) is 6. The van der Waals surface area contributed by atoms with E-state index in [1.54, 1.807) is 14.2 Å². The van der Waals surface area contributed by atoms with Gasteiger partial charge >= 0.3 is 0 Å². The highest BCUT2D eigenvalue weighted by Crippen LogP contribution is 2.47. The van der Waals surface area contributed by atoms with E-state index < -0.39 is 0 Å². The molecule has 186 valence electrons. The third-order valence-electron chi connectivity index (χ3n) is 6.89. The maximum Gasteiger partial charge on any atom is 0.166 e. The fraction of sp³-hybridized carbons (Fsp3) is 0.300. The van der Waals surface area contributed by atoms with Crippen molar-refractivity contribution in [2.75, 3.05) is 31.5 Å². The van der Waals surface area contributed by atoms with Gasteiger partial charge in [-0.25, -0.2) is 0 Å². The van der Waals surface area contributed by atoms with Gasteiger partial charge in [-0.05, 0) is 54.7 Å². The van der Waals surface area contributed by atoms with Crippen LogP contribution in [-0.2, 0) is 4.79 Å². The molecular weight excluding hydrogens is 452 g/mol. The molecule has 6 nitrogen and oxygen atoms in total. The van der Waals surface area contributed by atoms with Crippen LogP contribution in [0.2, 0.25) is 0 Å². The standard InChI is InChI=1S/C30H32N2O4/c1-4-16-36-30-22(8-7-11-27(30)35-3)29-28-25(31-23-9-5-6-10-24(23)32-29)17-20(18-26(28)33)19-12-14-21(34-2)15-13-19/h5-15,20,29,31-32H,4,16-18H2,1-3H3. The van der Waals surface area contributed by atoms with Crippen LogP contribution in [0.3, 0.4) is 0 Å². The number of ketones is 1. The first-order valence-corrected chi connectivity index (χ1v) is 12.4. The number of carbonyl (C=O) groups excluding carboxylic acids is 1. The summed E-state index contributed by atoms with van der Waals surface area (Å²) in [5.41, 5.74) is 5.62. The van der Waals surface area contributed by atoms with Gasteiger partial charge in [0, 0.05) is 23.3 Å². The van der Waals surface area contributed by atoms with Crippen LogP contribution in [0.15, 0.2) is 78.0 Å². The van der Waals surface area contributed by atoms with Crippen LogP contribution in [0, 0.1) is 0 Å². The molecule has 0 spiro atoms. The summed E-state index contributed by atoms with van der Waals surface area (Å²) in [6.45, 7) is 2.64. The number of anilines is 2. The fourth-order valence-corrected chi connectivity index (χ4v) is 5.12. The molecule has 0 aromatic heterocycles. The lowest BCUT2D eigenvalue weighted by Gasteiger charge is -2.31. The SMILES string of the molecule is CCCOc1c(OC)cccc1C1Nc2ccccc2NC2=C1C(=O)CC(c1ccc(OC)cc1)C2. The van der Waals surface area contributed by atoms with E-state index in [9.17, 15) is 4.79 Å². The third-order valence-corrected chi connectivity index (χ3v) is 6.89. The van der Waals surface area contributed by atoms with Crippen LogP contribution in [0.25, 0.3) is 0 Å². The molecule has 1 aliphatic heterocycles. The average Bonchev–Trinajstić information content (AvgIpc) is 3.08. The molecule has 0 saturated carbocycles. The Morgan fingerprint density at radius 2 is 1.67 bits per heavy atom. The van der Waals surface area contributed by atoms with Gasteiger partial charge in [0.2, 0.25) is 0 Å². The molecule has 5 rings (SSSR count). The highest BCUT2D eigenvalue weighted by Gasteiger charge is 2.37. The Morgan fingerprint density at radius 3 is 2.39 bits per heavy atom. The number of rotatable bonds is 7. The monoisotopic (exact) mass is 484 g/mol. The van der Waals surface area contributed by atoms with Crippen LogP contribution in [-0.4, -0.2) is 26.6 Å². The van der Waals surface area contributed by atoms with Crippen LogP contribution in [0.4, 0.5) is 11.4 Å². The van der Waals surface area contributed by atoms with Gasteiger partial charge in [0.15, 0.2) is 17.3 Å². The number of benzene rings is 3. The van der Waals surface area contributed by atoms with Crippen LogP contribution < -0.4 is 24.8 Å². The summed E-state index contributed by atoms with van der Waals surface area (Å²) < 4.78 is 17.2. The second-order valence-corrected chi connectivity index (χ2v) is 9.17. The lowest BCUT2D eigenvalue weighted by Crippen LogP contribution is -2.27. The maximum atomic E-state index is 13.9. The molecule has 3 aromatic rings. The molecule has 0 amide bonds. The fourth-order valence-electron chi connectivity index (χ4n) is 5.12. The maximum absolute atomic E-state index is 13.9. The number of methoxy groups -OCH3 is 2. The largest absolute Gasteiger partial charge is 0.497 e. The molecule has 2 unspecified atom stereocenters. The zero-order valence-corrected chi connectivity index (χ0v) is 21.0. The predicted octanol–water partition coefficient (Wildman–Crippen LogP) is 6.47. The van der Waals surface area contributed by atoms with Crippen LogP contribution in [0.5, 0.6) is 17.2 Å². The summed E-state index contributed by atoms with van der Waals surface area (Å²) in [7, 11) is 3.30. The third kappa shape index (κ3) is 4.51. The molecule has 2 aliphatic rings. The average molecular weight is 485 g/mol. The van der Waals surface area contributed by atoms with Gasteiger partial charge in [-0.3, -0.25) is 4.79 Å². The molecule has 0 saturated heterocycles. The molecular formula is C30H32N2O4. The summed E-state index contributed by atoms with van der Waals surface area (Å²) in [6.07, 6.45) is 2.04. The van der Waals surface area contributed by atoms with Crippen molar-refractivity contribution in [1.29, 1.82) is 0 Å². The van der Waals surface area contributed by atoms with E-state index >= 15 is 0 Å². The second-order valence-electron chi connectivity index (χ2n) is 9.17. The number of hydrogen-bond donors (Lipinski definition) is 2. The van der Waals surface area contributed by atoms with Gasteiger partial charge in [0.05, 0.1) is 38.2 Å². The van der Waals surface area contributed by atoms with Gasteiger partial charge < -0.3 is 24.8 Å². The van der Waals surface area contributed by atoms with E-state index in [1.807, 2.05) is 54.6 Å². The van der Waals surface area contributed by atoms with Gasteiger partial charge in [-0.15, -0.1) is 0 Å². The Labute approximate surface area is 212 Å². The lowest BCUT2D eigenvalue weighted by atomic mass is 9.78. The molecule has 2 N–H and O–H groups in total. The minimum Gasteiger partial charge on any atom is -0.497 e. The summed E-state index contributed by atoms with van der Waals surface area (Å²) in [5.74, 6) is 2.36. The molecule has 3 aromatic carbocycles. The molecule has 0 radical (unpaired) electrons. The Balaban J connectivity index is 1.61. The predicted molar refractivity (Wildman–Crippen MR) is 142 cm³/mol. The highest BCUT2D eigenvalue weighted by atomic mass is 16.5. The highest BCUT2D eigenvalue weighted by molar-refractivity contribution is 6.01. The van der Waals surface area contributed by atoms with E-state index in [1.165, 1.54) is 0 Å².